The molecule has 708 valence electrons. The summed E-state index contributed by atoms with van der Waals surface area (Å²) >= 11 is 11.7. The quantitative estimate of drug-likeness (QED) is 0.0356. The van der Waals surface area contributed by atoms with Gasteiger partial charge in [0.25, 0.3) is 11.8 Å². The highest BCUT2D eigenvalue weighted by atomic mass is 32.1. The molecule has 0 radical (unpaired) electrons. The Morgan fingerprint density at radius 2 is 0.734 bits per heavy atom. The summed E-state index contributed by atoms with van der Waals surface area (Å²) in [5, 5.41) is 0. The first-order valence-electron chi connectivity index (χ1n) is 53.3. The van der Waals surface area contributed by atoms with Crippen molar-refractivity contribution in [2.75, 3.05) is 26.2 Å². The van der Waals surface area contributed by atoms with E-state index in [9.17, 15) is 0 Å². The Morgan fingerprint density at radius 1 is 0.352 bits per heavy atom. The van der Waals surface area contributed by atoms with Crippen LogP contribution in [0.5, 0.6) is 5.75 Å². The third kappa shape index (κ3) is 29.3. The van der Waals surface area contributed by atoms with Gasteiger partial charge in [-0.3, -0.25) is 14.6 Å². The van der Waals surface area contributed by atoms with Gasteiger partial charge in [0, 0.05) is 64.2 Å². The van der Waals surface area contributed by atoms with Crippen LogP contribution in [-0.4, -0.2) is 58.6 Å². The second kappa shape index (κ2) is 54.6. The average molecular weight is 1850 g/mol. The second-order valence-electron chi connectivity index (χ2n) is 41.3. The Balaban J connectivity index is 1.000. The molecule has 0 saturated heterocycles. The Hall–Kier alpha value is -4.89. The Kier molecular flexibility index (Phi) is 44.2. The number of thiophene rings is 6. The predicted octanol–water partition coefficient (Wildman–Crippen LogP) is 38.1. The van der Waals surface area contributed by atoms with E-state index < -0.39 is 0 Å². The summed E-state index contributed by atoms with van der Waals surface area (Å²) in [6.45, 7) is 36.0. The number of amidine groups is 1. The molecule has 0 fully saturated rings. The molecule has 1 aromatic carbocycles. The third-order valence-electron chi connectivity index (χ3n) is 28.1. The van der Waals surface area contributed by atoms with Gasteiger partial charge in [-0.05, 0) is 182 Å². The van der Waals surface area contributed by atoms with Gasteiger partial charge in [0.15, 0.2) is 0 Å². The van der Waals surface area contributed by atoms with Gasteiger partial charge < -0.3 is 19.4 Å². The molecule has 0 N–H and O–H groups in total. The minimum Gasteiger partial charge on any atom is -0.494 e. The number of hydrogen-bond donors (Lipinski definition) is 0. The summed E-state index contributed by atoms with van der Waals surface area (Å²) in [7, 11) is 0. The van der Waals surface area contributed by atoms with E-state index in [-0.39, 0.29) is 34.7 Å². The van der Waals surface area contributed by atoms with Crippen LogP contribution in [0.25, 0.3) is 50.4 Å². The van der Waals surface area contributed by atoms with Crippen LogP contribution >= 0.6 is 68.0 Å². The Morgan fingerprint density at radius 3 is 1.19 bits per heavy atom. The molecule has 11 rings (SSSR count). The van der Waals surface area contributed by atoms with Crippen LogP contribution in [0, 0.1) is 11.8 Å². The summed E-state index contributed by atoms with van der Waals surface area (Å²) in [6, 6.07) is 28.8. The van der Waals surface area contributed by atoms with Crippen molar-refractivity contribution in [1.82, 2.24) is 14.7 Å². The number of aliphatic imine (C=N–C) groups is 1. The molecule has 3 aliphatic heterocycles. The SMILES string of the molecule is CCCCCCCCCCCCOc1ccc(C2=NC3c4cc(-c5sc(-c6ccc(C7=C8C(=O)N(CC(CCCCCC)CCCCCCCC)C(c9ccc(-c%10cc(CCCCCC)c(C(C)(C)C)s%10)s9)=C8C(=O)N7CC(CCCCCC)CCCCCCCC)s6)cc5CCCCCC)sc4-c4sc(C(C)(C)C)cc4C3N2CCCCCCCCCCCC)cc1. The van der Waals surface area contributed by atoms with Crippen molar-refractivity contribution < 1.29 is 14.3 Å². The van der Waals surface area contributed by atoms with Gasteiger partial charge in [-0.15, -0.1) is 68.0 Å². The highest BCUT2D eigenvalue weighted by Gasteiger charge is 2.51. The number of hydrogen-bond acceptors (Lipinski definition) is 11. The first-order chi connectivity index (χ1) is 62.4. The number of ether oxygens (including phenoxy) is 1. The molecule has 9 heterocycles. The number of nitrogens with zero attached hydrogens (tertiary/aromatic N) is 4. The van der Waals surface area contributed by atoms with Gasteiger partial charge in [-0.25, -0.2) is 0 Å². The van der Waals surface area contributed by atoms with E-state index in [1.54, 1.807) is 0 Å². The number of carbonyl (C=O) groups excluding carboxylic acids is 2. The number of unbranched alkanes of at least 4 members (excludes halogenated alkanes) is 40. The highest BCUT2D eigenvalue weighted by molar-refractivity contribution is 7.29. The third-order valence-corrected chi connectivity index (χ3v) is 36.5. The van der Waals surface area contributed by atoms with Crippen molar-refractivity contribution in [2.24, 2.45) is 16.8 Å². The minimum atomic E-state index is -0.0378. The highest BCUT2D eigenvalue weighted by Crippen LogP contribution is 2.61. The van der Waals surface area contributed by atoms with Crippen LogP contribution in [-0.2, 0) is 33.3 Å². The maximum Gasteiger partial charge on any atom is 0.261 e. The molecule has 7 nitrogen and oxygen atoms in total. The summed E-state index contributed by atoms with van der Waals surface area (Å²) in [5.74, 6) is 2.85. The summed E-state index contributed by atoms with van der Waals surface area (Å²) in [4.78, 5) is 62.8. The predicted molar refractivity (Wildman–Crippen MR) is 567 cm³/mol. The van der Waals surface area contributed by atoms with Crippen LogP contribution in [0.2, 0.25) is 0 Å². The second-order valence-corrected chi connectivity index (χ2v) is 47.6. The molecule has 2 amide bonds. The molecule has 4 atom stereocenters. The number of rotatable bonds is 67. The average Bonchev–Trinajstić information content (AvgIpc) is 1.56. The monoisotopic (exact) mass is 1850 g/mol. The van der Waals surface area contributed by atoms with E-state index >= 15 is 9.59 Å². The van der Waals surface area contributed by atoms with E-state index in [0.717, 1.165) is 104 Å². The van der Waals surface area contributed by atoms with Crippen molar-refractivity contribution in [1.29, 1.82) is 0 Å². The van der Waals surface area contributed by atoms with Gasteiger partial charge in [0.2, 0.25) is 0 Å². The number of carbonyl (C=O) groups is 2. The minimum absolute atomic E-state index is 0.0105. The van der Waals surface area contributed by atoms with E-state index in [1.807, 2.05) is 68.0 Å². The summed E-state index contributed by atoms with van der Waals surface area (Å²) in [5.41, 5.74) is 10.1. The van der Waals surface area contributed by atoms with Crippen LogP contribution in [0.3, 0.4) is 0 Å². The molecular formula is C115H174N4O3S6. The van der Waals surface area contributed by atoms with Crippen LogP contribution in [0.1, 0.15) is 490 Å². The standard InChI is InChI=1S/C115H174N4O3S6/c1-15-23-31-39-43-45-47-49-53-61-77-117-104-92-82-100(114(9,10)11)128-109(92)108-91(103(104)116-111(117)87-69-71-90(72-70-87)122-78-62-54-50-48-46-44-40-32-24-16-2)81-99(126-108)107-88(67-59-37-29-21-7)79-97(125-107)93-73-75-95(123-93)105-101-102(113(121)118(105)83-85(63-55-35-27-19-5)65-57-51-41-33-25-17-3)106(119(112(101)120)84-86(64-56-36-28-20-6)66-58-52-42-34-26-18-4)96-76-74-94(124-96)98-80-89(68-60-38-30-22-8)110(127-98)115(12,13)14/h69-76,79-82,85-86,103-104H,15-68,77-78,83-84H2,1-14H3. The Bertz CT molecular complexity index is 4510. The maximum absolute atomic E-state index is 16.9. The number of benzene rings is 1. The fourth-order valence-corrected chi connectivity index (χ4v) is 28.1. The molecule has 4 aliphatic rings. The summed E-state index contributed by atoms with van der Waals surface area (Å²) in [6.07, 6.45) is 67.3. The molecule has 7 aromatic rings. The molecule has 4 unspecified atom stereocenters. The maximum atomic E-state index is 16.9. The normalized spacial score (nSPS) is 15.7. The lowest BCUT2D eigenvalue weighted by Crippen LogP contribution is -2.34. The molecule has 6 aromatic heterocycles. The number of aryl methyl sites for hydroxylation is 2. The van der Waals surface area contributed by atoms with E-state index in [2.05, 4.69) is 184 Å². The zero-order valence-electron chi connectivity index (χ0n) is 83.2. The van der Waals surface area contributed by atoms with Crippen LogP contribution in [0.4, 0.5) is 0 Å². The van der Waals surface area contributed by atoms with Gasteiger partial charge in [0.05, 0.1) is 54.7 Å². The van der Waals surface area contributed by atoms with Gasteiger partial charge in [-0.2, -0.15) is 0 Å². The van der Waals surface area contributed by atoms with E-state index in [4.69, 9.17) is 9.73 Å². The fraction of sp³-hybridized carbons (Fsp3) is 0.678. The zero-order valence-corrected chi connectivity index (χ0v) is 88.1. The summed E-state index contributed by atoms with van der Waals surface area (Å²) < 4.78 is 6.52. The van der Waals surface area contributed by atoms with E-state index in [0.29, 0.717) is 36.1 Å². The first-order valence-corrected chi connectivity index (χ1v) is 58.2. The Labute approximate surface area is 805 Å². The number of fused-ring (bicyclic) bond motifs is 7. The molecule has 0 spiro atoms. The fourth-order valence-electron chi connectivity index (χ4n) is 20.5. The lowest BCUT2D eigenvalue weighted by molar-refractivity contribution is -0.124. The van der Waals surface area contributed by atoms with E-state index in [1.165, 1.54) is 366 Å². The van der Waals surface area contributed by atoms with Gasteiger partial charge >= 0.3 is 0 Å². The number of amides is 2. The zero-order chi connectivity index (χ0) is 90.6. The topological polar surface area (TPSA) is 65.5 Å². The largest absolute Gasteiger partial charge is 0.494 e. The van der Waals surface area contributed by atoms with Crippen molar-refractivity contribution in [3.8, 4) is 44.8 Å². The molecule has 0 saturated carbocycles. The molecule has 13 heteroatoms. The molecular weight excluding hydrogens is 1680 g/mol. The van der Waals surface area contributed by atoms with Crippen molar-refractivity contribution in [2.45, 2.75) is 467 Å². The molecule has 1 aliphatic carbocycles. The van der Waals surface area contributed by atoms with Crippen molar-refractivity contribution >= 4 is 97.1 Å². The van der Waals surface area contributed by atoms with Gasteiger partial charge in [0.1, 0.15) is 17.6 Å². The van der Waals surface area contributed by atoms with Crippen LogP contribution < -0.4 is 4.74 Å². The van der Waals surface area contributed by atoms with Gasteiger partial charge in [-0.1, -0.05) is 379 Å². The molecule has 128 heavy (non-hydrogen) atoms. The first kappa shape index (κ1) is 104. The van der Waals surface area contributed by atoms with Crippen molar-refractivity contribution in [3.05, 3.63) is 131 Å². The lowest BCUT2D eigenvalue weighted by Gasteiger charge is -2.33. The van der Waals surface area contributed by atoms with Crippen molar-refractivity contribution in [3.63, 3.8) is 0 Å². The van der Waals surface area contributed by atoms with Crippen LogP contribution in [0.15, 0.2) is 88.9 Å². The molecule has 0 bridgehead atoms. The lowest BCUT2D eigenvalue weighted by atomic mass is 9.86. The smallest absolute Gasteiger partial charge is 0.261 e.